The number of hydrogen-bond donors (Lipinski definition) is 2. The van der Waals surface area contributed by atoms with Gasteiger partial charge in [0.25, 0.3) is 0 Å². The summed E-state index contributed by atoms with van der Waals surface area (Å²) in [5, 5.41) is 2.11. The van der Waals surface area contributed by atoms with Gasteiger partial charge in [-0.2, -0.15) is 13.2 Å². The molecule has 1 aliphatic heterocycles. The van der Waals surface area contributed by atoms with E-state index in [-0.39, 0.29) is 5.71 Å². The van der Waals surface area contributed by atoms with Crippen LogP contribution in [0, 0.1) is 0 Å². The zero-order valence-corrected chi connectivity index (χ0v) is 7.89. The second-order valence-electron chi connectivity index (χ2n) is 3.68. The van der Waals surface area contributed by atoms with Crippen LogP contribution in [0.25, 0.3) is 0 Å². The van der Waals surface area contributed by atoms with Crippen LogP contribution in [0.15, 0.2) is 17.3 Å². The van der Waals surface area contributed by atoms with Crippen molar-refractivity contribution in [2.45, 2.75) is 31.7 Å². The topological polar surface area (TPSA) is 50.4 Å². The first-order valence-corrected chi connectivity index (χ1v) is 4.08. The molecule has 14 heavy (non-hydrogen) atoms. The fraction of sp³-hybridized carbons (Fsp3) is 0.625. The van der Waals surface area contributed by atoms with Gasteiger partial charge in [0, 0.05) is 6.20 Å². The molecule has 0 fully saturated rings. The molecular formula is C8H12F3N3. The molecule has 0 bridgehead atoms. The maximum atomic E-state index is 12.3. The molecule has 0 aromatic carbocycles. The minimum Gasteiger partial charge on any atom is -0.362 e. The minimum absolute atomic E-state index is 0.235. The summed E-state index contributed by atoms with van der Waals surface area (Å²) in [6.07, 6.45) is -3.61. The Morgan fingerprint density at radius 3 is 2.43 bits per heavy atom. The molecule has 1 aliphatic rings. The van der Waals surface area contributed by atoms with Crippen molar-refractivity contribution in [1.82, 2.24) is 5.32 Å². The molecular weight excluding hydrogens is 195 g/mol. The molecule has 0 saturated carbocycles. The summed E-state index contributed by atoms with van der Waals surface area (Å²) in [5.41, 5.74) is 5.01. The zero-order chi connectivity index (χ0) is 11.0. The summed E-state index contributed by atoms with van der Waals surface area (Å²) in [6, 6.07) is 0. The fourth-order valence-corrected chi connectivity index (χ4v) is 0.986. The average molecular weight is 207 g/mol. The summed E-state index contributed by atoms with van der Waals surface area (Å²) in [5.74, 6) is 0. The van der Waals surface area contributed by atoms with E-state index >= 15 is 0 Å². The SMILES string of the molecule is CC(C)(N)C1=NC(C(F)(F)F)NC=C1. The van der Waals surface area contributed by atoms with Crippen molar-refractivity contribution in [2.75, 3.05) is 0 Å². The molecule has 1 rings (SSSR count). The molecule has 6 heteroatoms. The standard InChI is InChI=1S/C8H12F3N3/c1-7(2,12)5-3-4-13-6(14-5)8(9,10)11/h3-4,6,13H,12H2,1-2H3. The highest BCUT2D eigenvalue weighted by Crippen LogP contribution is 2.23. The van der Waals surface area contributed by atoms with E-state index in [4.69, 9.17) is 5.73 Å². The van der Waals surface area contributed by atoms with Crippen LogP contribution in [0.1, 0.15) is 13.8 Å². The van der Waals surface area contributed by atoms with Gasteiger partial charge in [0.15, 0.2) is 0 Å². The van der Waals surface area contributed by atoms with Crippen LogP contribution >= 0.6 is 0 Å². The van der Waals surface area contributed by atoms with Crippen molar-refractivity contribution >= 4 is 5.71 Å². The molecule has 3 N–H and O–H groups in total. The smallest absolute Gasteiger partial charge is 0.362 e. The highest BCUT2D eigenvalue weighted by Gasteiger charge is 2.41. The van der Waals surface area contributed by atoms with Crippen LogP contribution in [0.2, 0.25) is 0 Å². The Morgan fingerprint density at radius 1 is 1.43 bits per heavy atom. The number of nitrogens with two attached hydrogens (primary N) is 1. The highest BCUT2D eigenvalue weighted by atomic mass is 19.4. The summed E-state index contributed by atoms with van der Waals surface area (Å²) in [7, 11) is 0. The lowest BCUT2D eigenvalue weighted by molar-refractivity contribution is -0.151. The summed E-state index contributed by atoms with van der Waals surface area (Å²) < 4.78 is 36.8. The third-order valence-corrected chi connectivity index (χ3v) is 1.73. The van der Waals surface area contributed by atoms with Gasteiger partial charge in [-0.25, -0.2) is 0 Å². The monoisotopic (exact) mass is 207 g/mol. The molecule has 1 unspecified atom stereocenters. The van der Waals surface area contributed by atoms with Gasteiger partial charge in [0.1, 0.15) is 0 Å². The van der Waals surface area contributed by atoms with E-state index in [0.717, 1.165) is 0 Å². The average Bonchev–Trinajstić information content (AvgIpc) is 2.01. The number of nitrogens with one attached hydrogen (secondary N) is 1. The number of halogens is 3. The summed E-state index contributed by atoms with van der Waals surface area (Å²) in [4.78, 5) is 3.49. The number of aliphatic imine (C=N–C) groups is 1. The lowest BCUT2D eigenvalue weighted by atomic mass is 9.99. The lowest BCUT2D eigenvalue weighted by Crippen LogP contribution is -2.47. The van der Waals surface area contributed by atoms with Gasteiger partial charge in [-0.3, -0.25) is 4.99 Å². The Labute approximate surface area is 79.9 Å². The third-order valence-electron chi connectivity index (χ3n) is 1.73. The van der Waals surface area contributed by atoms with E-state index in [1.165, 1.54) is 12.3 Å². The van der Waals surface area contributed by atoms with Crippen molar-refractivity contribution in [3.05, 3.63) is 12.3 Å². The molecule has 0 saturated heterocycles. The van der Waals surface area contributed by atoms with Gasteiger partial charge in [0.2, 0.25) is 6.17 Å². The third kappa shape index (κ3) is 2.47. The van der Waals surface area contributed by atoms with Crippen molar-refractivity contribution in [2.24, 2.45) is 10.7 Å². The molecule has 0 amide bonds. The van der Waals surface area contributed by atoms with Crippen LogP contribution in [0.3, 0.4) is 0 Å². The summed E-state index contributed by atoms with van der Waals surface area (Å²) in [6.45, 7) is 3.21. The second-order valence-corrected chi connectivity index (χ2v) is 3.68. The number of alkyl halides is 3. The van der Waals surface area contributed by atoms with E-state index in [0.29, 0.717) is 0 Å². The molecule has 80 valence electrons. The Bertz CT molecular complexity index is 273. The van der Waals surface area contributed by atoms with Crippen LogP contribution in [-0.4, -0.2) is 23.6 Å². The van der Waals surface area contributed by atoms with Crippen LogP contribution in [0.4, 0.5) is 13.2 Å². The van der Waals surface area contributed by atoms with E-state index in [1.807, 2.05) is 0 Å². The van der Waals surface area contributed by atoms with Crippen molar-refractivity contribution < 1.29 is 13.2 Å². The molecule has 0 radical (unpaired) electrons. The first kappa shape index (κ1) is 11.0. The predicted octanol–water partition coefficient (Wildman–Crippen LogP) is 1.17. The van der Waals surface area contributed by atoms with E-state index in [1.54, 1.807) is 13.8 Å². The Morgan fingerprint density at radius 2 is 2.00 bits per heavy atom. The second kappa shape index (κ2) is 3.27. The molecule has 0 aromatic heterocycles. The first-order chi connectivity index (χ1) is 6.21. The zero-order valence-electron chi connectivity index (χ0n) is 7.89. The van der Waals surface area contributed by atoms with Crippen molar-refractivity contribution in [1.29, 1.82) is 0 Å². The predicted molar refractivity (Wildman–Crippen MR) is 47.8 cm³/mol. The largest absolute Gasteiger partial charge is 0.429 e. The van der Waals surface area contributed by atoms with Crippen LogP contribution in [0.5, 0.6) is 0 Å². The number of rotatable bonds is 1. The molecule has 3 nitrogen and oxygen atoms in total. The Balaban J connectivity index is 2.90. The quantitative estimate of drug-likeness (QED) is 0.678. The van der Waals surface area contributed by atoms with Crippen LogP contribution in [-0.2, 0) is 0 Å². The molecule has 0 spiro atoms. The minimum atomic E-state index is -4.39. The molecule has 0 aromatic rings. The van der Waals surface area contributed by atoms with Crippen molar-refractivity contribution in [3.8, 4) is 0 Å². The van der Waals surface area contributed by atoms with Crippen LogP contribution < -0.4 is 11.1 Å². The molecule has 0 aliphatic carbocycles. The first-order valence-electron chi connectivity index (χ1n) is 4.08. The van der Waals surface area contributed by atoms with Gasteiger partial charge in [-0.1, -0.05) is 0 Å². The van der Waals surface area contributed by atoms with Gasteiger partial charge < -0.3 is 11.1 Å². The van der Waals surface area contributed by atoms with Gasteiger partial charge >= 0.3 is 6.18 Å². The Hall–Kier alpha value is -1.04. The fourth-order valence-electron chi connectivity index (χ4n) is 0.986. The molecule has 1 heterocycles. The van der Waals surface area contributed by atoms with E-state index in [9.17, 15) is 13.2 Å². The number of nitrogens with zero attached hydrogens (tertiary/aromatic N) is 1. The maximum absolute atomic E-state index is 12.3. The molecule has 1 atom stereocenters. The normalized spacial score (nSPS) is 23.0. The van der Waals surface area contributed by atoms with Gasteiger partial charge in [-0.15, -0.1) is 0 Å². The Kier molecular flexibility index (Phi) is 2.58. The summed E-state index contributed by atoms with van der Waals surface area (Å²) >= 11 is 0. The van der Waals surface area contributed by atoms with E-state index < -0.39 is 17.9 Å². The maximum Gasteiger partial charge on any atom is 0.429 e. The van der Waals surface area contributed by atoms with E-state index in [2.05, 4.69) is 10.3 Å². The lowest BCUT2D eigenvalue weighted by Gasteiger charge is -2.26. The van der Waals surface area contributed by atoms with Gasteiger partial charge in [-0.05, 0) is 19.9 Å². The highest BCUT2D eigenvalue weighted by molar-refractivity contribution is 6.02. The van der Waals surface area contributed by atoms with Crippen molar-refractivity contribution in [3.63, 3.8) is 0 Å². The van der Waals surface area contributed by atoms with Gasteiger partial charge in [0.05, 0.1) is 11.3 Å². The number of hydrogen-bond acceptors (Lipinski definition) is 3.